The van der Waals surface area contributed by atoms with E-state index in [4.69, 9.17) is 8.92 Å². The molecular weight excluding hydrogens is 316 g/mol. The average Bonchev–Trinajstić information content (AvgIpc) is 2.48. The highest BCUT2D eigenvalue weighted by Crippen LogP contribution is 2.21. The molecule has 1 heterocycles. The molecule has 0 amide bonds. The van der Waals surface area contributed by atoms with Gasteiger partial charge in [0.1, 0.15) is 24.4 Å². The molecule has 124 valence electrons. The standard InChI is InChI=1S/C13H18O8S/c1-7-2-4-8(5-3-7)22(18,19)20-6-9-10(14)11(15)12(16)13(17)21-9/h2-5,9-17H,6H2,1H3/t9-,10-,11+,12-,13-/m0/s1. The van der Waals surface area contributed by atoms with Crippen LogP contribution >= 0.6 is 0 Å². The van der Waals surface area contributed by atoms with Crippen molar-refractivity contribution in [2.75, 3.05) is 6.61 Å². The molecule has 1 aromatic rings. The smallest absolute Gasteiger partial charge is 0.297 e. The molecule has 0 bridgehead atoms. The summed E-state index contributed by atoms with van der Waals surface area (Å²) in [6, 6.07) is 5.95. The van der Waals surface area contributed by atoms with Gasteiger partial charge in [0.25, 0.3) is 10.1 Å². The number of rotatable bonds is 4. The quantitative estimate of drug-likeness (QED) is 0.489. The number of aliphatic hydroxyl groups is 4. The van der Waals surface area contributed by atoms with Crippen LogP contribution in [0.25, 0.3) is 0 Å². The molecule has 0 aromatic heterocycles. The number of ether oxygens (including phenoxy) is 1. The first-order chi connectivity index (χ1) is 10.2. The highest BCUT2D eigenvalue weighted by molar-refractivity contribution is 7.86. The molecule has 0 aliphatic carbocycles. The average molecular weight is 334 g/mol. The predicted molar refractivity (Wildman–Crippen MR) is 73.2 cm³/mol. The summed E-state index contributed by atoms with van der Waals surface area (Å²) in [5, 5.41) is 37.9. The molecule has 0 spiro atoms. The molecule has 22 heavy (non-hydrogen) atoms. The Morgan fingerprint density at radius 2 is 1.64 bits per heavy atom. The van der Waals surface area contributed by atoms with Crippen LogP contribution < -0.4 is 0 Å². The Morgan fingerprint density at radius 3 is 2.23 bits per heavy atom. The van der Waals surface area contributed by atoms with Crippen molar-refractivity contribution in [2.45, 2.75) is 42.5 Å². The van der Waals surface area contributed by atoms with Crippen LogP contribution in [0.2, 0.25) is 0 Å². The van der Waals surface area contributed by atoms with Crippen molar-refractivity contribution < 1.29 is 37.8 Å². The molecule has 0 unspecified atom stereocenters. The topological polar surface area (TPSA) is 134 Å². The first-order valence-corrected chi connectivity index (χ1v) is 7.97. The van der Waals surface area contributed by atoms with Gasteiger partial charge in [-0.25, -0.2) is 0 Å². The zero-order valence-electron chi connectivity index (χ0n) is 11.7. The molecule has 8 nitrogen and oxygen atoms in total. The van der Waals surface area contributed by atoms with Crippen molar-refractivity contribution in [1.29, 1.82) is 0 Å². The third-order valence-corrected chi connectivity index (χ3v) is 4.68. The largest absolute Gasteiger partial charge is 0.387 e. The predicted octanol–water partition coefficient (Wildman–Crippen LogP) is -1.50. The Balaban J connectivity index is 2.04. The Morgan fingerprint density at radius 1 is 1.05 bits per heavy atom. The van der Waals surface area contributed by atoms with Gasteiger partial charge < -0.3 is 25.2 Å². The molecule has 1 aromatic carbocycles. The van der Waals surface area contributed by atoms with Crippen LogP contribution in [0.5, 0.6) is 0 Å². The van der Waals surface area contributed by atoms with Crippen LogP contribution in [0.4, 0.5) is 0 Å². The SMILES string of the molecule is Cc1ccc(S(=O)(=O)OC[C@@H]2O[C@H](O)[C@@H](O)[C@H](O)[C@H]2O)cc1. The second-order valence-corrected chi connectivity index (χ2v) is 6.70. The maximum Gasteiger partial charge on any atom is 0.297 e. The van der Waals surface area contributed by atoms with E-state index in [0.29, 0.717) is 0 Å². The molecule has 5 atom stereocenters. The first-order valence-electron chi connectivity index (χ1n) is 6.56. The fourth-order valence-corrected chi connectivity index (χ4v) is 2.92. The van der Waals surface area contributed by atoms with Crippen molar-refractivity contribution in [1.82, 2.24) is 0 Å². The molecule has 1 aliphatic rings. The summed E-state index contributed by atoms with van der Waals surface area (Å²) in [4.78, 5) is -0.0652. The minimum absolute atomic E-state index is 0.0652. The van der Waals surface area contributed by atoms with Crippen molar-refractivity contribution in [2.24, 2.45) is 0 Å². The van der Waals surface area contributed by atoms with E-state index in [1.807, 2.05) is 0 Å². The number of benzene rings is 1. The molecule has 1 saturated heterocycles. The molecular formula is C13H18O8S. The van der Waals surface area contributed by atoms with Gasteiger partial charge in [0.15, 0.2) is 6.29 Å². The van der Waals surface area contributed by atoms with Crippen molar-refractivity contribution in [3.05, 3.63) is 29.8 Å². The van der Waals surface area contributed by atoms with E-state index in [1.165, 1.54) is 12.1 Å². The maximum absolute atomic E-state index is 12.0. The Labute approximate surface area is 127 Å². The molecule has 4 N–H and O–H groups in total. The lowest BCUT2D eigenvalue weighted by molar-refractivity contribution is -0.285. The van der Waals surface area contributed by atoms with Gasteiger partial charge in [0, 0.05) is 0 Å². The molecule has 0 radical (unpaired) electrons. The highest BCUT2D eigenvalue weighted by atomic mass is 32.2. The normalized spacial score (nSPS) is 32.9. The van der Waals surface area contributed by atoms with Crippen LogP contribution in [0, 0.1) is 6.92 Å². The second-order valence-electron chi connectivity index (χ2n) is 5.09. The van der Waals surface area contributed by atoms with Gasteiger partial charge in [-0.1, -0.05) is 17.7 Å². The Hall–Kier alpha value is -1.07. The van der Waals surface area contributed by atoms with E-state index >= 15 is 0 Å². The fourth-order valence-electron chi connectivity index (χ4n) is 2.00. The third-order valence-electron chi connectivity index (χ3n) is 3.38. The van der Waals surface area contributed by atoms with E-state index in [0.717, 1.165) is 5.56 Å². The number of aryl methyl sites for hydroxylation is 1. The molecule has 1 aliphatic heterocycles. The summed E-state index contributed by atoms with van der Waals surface area (Å²) in [6.07, 6.45) is -7.98. The van der Waals surface area contributed by atoms with E-state index in [2.05, 4.69) is 0 Å². The summed E-state index contributed by atoms with van der Waals surface area (Å²) in [7, 11) is -4.07. The van der Waals surface area contributed by atoms with Crippen molar-refractivity contribution in [3.63, 3.8) is 0 Å². The van der Waals surface area contributed by atoms with Gasteiger partial charge in [0.05, 0.1) is 11.5 Å². The lowest BCUT2D eigenvalue weighted by atomic mass is 10.00. The van der Waals surface area contributed by atoms with E-state index in [-0.39, 0.29) is 4.90 Å². The van der Waals surface area contributed by atoms with Crippen molar-refractivity contribution in [3.8, 4) is 0 Å². The molecule has 9 heteroatoms. The summed E-state index contributed by atoms with van der Waals surface area (Å²) < 4.78 is 33.6. The van der Waals surface area contributed by atoms with E-state index < -0.39 is 47.4 Å². The summed E-state index contributed by atoms with van der Waals surface area (Å²) >= 11 is 0. The van der Waals surface area contributed by atoms with Gasteiger partial charge in [0.2, 0.25) is 0 Å². The van der Waals surface area contributed by atoms with Gasteiger partial charge in [-0.05, 0) is 19.1 Å². The van der Waals surface area contributed by atoms with Crippen LogP contribution in [0.1, 0.15) is 5.56 Å². The zero-order valence-corrected chi connectivity index (χ0v) is 12.5. The van der Waals surface area contributed by atoms with E-state index in [9.17, 15) is 28.8 Å². The van der Waals surface area contributed by atoms with Gasteiger partial charge in [-0.2, -0.15) is 8.42 Å². The van der Waals surface area contributed by atoms with Gasteiger partial charge in [-0.3, -0.25) is 4.18 Å². The number of hydrogen-bond acceptors (Lipinski definition) is 8. The van der Waals surface area contributed by atoms with Crippen LogP contribution in [0.3, 0.4) is 0 Å². The minimum Gasteiger partial charge on any atom is -0.387 e. The zero-order chi connectivity index (χ0) is 16.5. The lowest BCUT2D eigenvalue weighted by Gasteiger charge is -2.37. The monoisotopic (exact) mass is 334 g/mol. The molecule has 1 fully saturated rings. The lowest BCUT2D eigenvalue weighted by Crippen LogP contribution is -2.58. The number of hydrogen-bond donors (Lipinski definition) is 4. The van der Waals surface area contributed by atoms with Crippen LogP contribution in [0.15, 0.2) is 29.2 Å². The van der Waals surface area contributed by atoms with Crippen LogP contribution in [-0.4, -0.2) is 66.2 Å². The fraction of sp³-hybridized carbons (Fsp3) is 0.538. The van der Waals surface area contributed by atoms with Crippen LogP contribution in [-0.2, 0) is 19.0 Å². The Kier molecular flexibility index (Phi) is 5.17. The molecule has 2 rings (SSSR count). The Bertz CT molecular complexity index is 599. The summed E-state index contributed by atoms with van der Waals surface area (Å²) in [5.74, 6) is 0. The molecule has 0 saturated carbocycles. The second kappa shape index (κ2) is 6.59. The summed E-state index contributed by atoms with van der Waals surface area (Å²) in [6.45, 7) is 1.19. The number of aliphatic hydroxyl groups excluding tert-OH is 4. The minimum atomic E-state index is -4.07. The maximum atomic E-state index is 12.0. The summed E-state index contributed by atoms with van der Waals surface area (Å²) in [5.41, 5.74) is 0.880. The first kappa shape index (κ1) is 17.3. The van der Waals surface area contributed by atoms with Gasteiger partial charge in [-0.15, -0.1) is 0 Å². The third kappa shape index (κ3) is 3.63. The van der Waals surface area contributed by atoms with Crippen molar-refractivity contribution >= 4 is 10.1 Å². The van der Waals surface area contributed by atoms with Gasteiger partial charge >= 0.3 is 0 Å². The highest BCUT2D eigenvalue weighted by Gasteiger charge is 2.43. The van der Waals surface area contributed by atoms with E-state index in [1.54, 1.807) is 19.1 Å².